The largest absolute Gasteiger partial charge is 0.493 e. The highest BCUT2D eigenvalue weighted by atomic mass is 79.9. The van der Waals surface area contributed by atoms with Gasteiger partial charge in [-0.05, 0) is 34.5 Å². The minimum absolute atomic E-state index is 0.0150. The number of nitrogens with one attached hydrogen (secondary N) is 1. The van der Waals surface area contributed by atoms with Crippen LogP contribution in [0, 0.1) is 0 Å². The van der Waals surface area contributed by atoms with E-state index in [2.05, 4.69) is 30.9 Å². The fourth-order valence-electron chi connectivity index (χ4n) is 2.88. The molecule has 7 nitrogen and oxygen atoms in total. The number of para-hydroxylation sites is 1. The summed E-state index contributed by atoms with van der Waals surface area (Å²) in [6, 6.07) is 5.29. The number of hydrogen-bond donors (Lipinski definition) is 2. The number of alkyl halides is 3. The van der Waals surface area contributed by atoms with Crippen LogP contribution in [-0.2, 0) is 19.1 Å². The van der Waals surface area contributed by atoms with Crippen molar-refractivity contribution >= 4 is 27.0 Å². The van der Waals surface area contributed by atoms with Gasteiger partial charge in [-0.25, -0.2) is 4.98 Å². The third-order valence-electron chi connectivity index (χ3n) is 4.29. The van der Waals surface area contributed by atoms with Gasteiger partial charge in [0.05, 0.1) is 29.1 Å². The number of fused-ring (bicyclic) bond motifs is 1. The molecule has 0 atom stereocenters. The van der Waals surface area contributed by atoms with E-state index < -0.39 is 11.7 Å². The summed E-state index contributed by atoms with van der Waals surface area (Å²) in [4.78, 5) is 23.4. The zero-order chi connectivity index (χ0) is 21.9. The number of benzene rings is 1. The van der Waals surface area contributed by atoms with Gasteiger partial charge in [-0.2, -0.15) is 18.2 Å². The van der Waals surface area contributed by atoms with E-state index in [1.807, 2.05) is 0 Å². The van der Waals surface area contributed by atoms with Crippen molar-refractivity contribution < 1.29 is 22.6 Å². The number of nitrogens with two attached hydrogens (primary N) is 1. The van der Waals surface area contributed by atoms with Crippen LogP contribution in [0.2, 0.25) is 0 Å². The van der Waals surface area contributed by atoms with E-state index in [4.69, 9.17) is 15.2 Å². The van der Waals surface area contributed by atoms with Crippen molar-refractivity contribution in [3.63, 3.8) is 0 Å². The van der Waals surface area contributed by atoms with Crippen molar-refractivity contribution in [1.29, 1.82) is 0 Å². The Kier molecular flexibility index (Phi) is 6.61. The Bertz CT molecular complexity index is 1120. The van der Waals surface area contributed by atoms with Crippen LogP contribution in [0.25, 0.3) is 11.0 Å². The maximum atomic E-state index is 13.2. The van der Waals surface area contributed by atoms with E-state index >= 15 is 0 Å². The first-order valence-electron chi connectivity index (χ1n) is 8.90. The average Bonchev–Trinajstić information content (AvgIpc) is 2.70. The van der Waals surface area contributed by atoms with Gasteiger partial charge in [-0.1, -0.05) is 12.1 Å². The molecule has 0 bridgehead atoms. The predicted octanol–water partition coefficient (Wildman–Crippen LogP) is 3.58. The highest BCUT2D eigenvalue weighted by Gasteiger charge is 2.35. The highest BCUT2D eigenvalue weighted by molar-refractivity contribution is 9.10. The molecule has 2 heterocycles. The topological polar surface area (TPSA) is 103 Å². The summed E-state index contributed by atoms with van der Waals surface area (Å²) in [5.41, 5.74) is 4.78. The normalized spacial score (nSPS) is 11.7. The molecule has 11 heteroatoms. The minimum atomic E-state index is -4.55. The smallest absolute Gasteiger partial charge is 0.419 e. The Hall–Kier alpha value is -2.66. The Morgan fingerprint density at radius 2 is 2.03 bits per heavy atom. The van der Waals surface area contributed by atoms with Gasteiger partial charge in [-0.3, -0.25) is 4.79 Å². The molecule has 1 aromatic carbocycles. The maximum absolute atomic E-state index is 13.2. The maximum Gasteiger partial charge on any atom is 0.419 e. The molecule has 0 unspecified atom stereocenters. The molecule has 3 N–H and O–H groups in total. The molecule has 2 aromatic heterocycles. The molecule has 0 spiro atoms. The van der Waals surface area contributed by atoms with Crippen LogP contribution >= 0.6 is 15.9 Å². The minimum Gasteiger partial charge on any atom is -0.493 e. The number of hydrogen-bond acceptors (Lipinski definition) is 6. The third kappa shape index (κ3) is 4.73. The second kappa shape index (κ2) is 9.00. The van der Waals surface area contributed by atoms with Crippen molar-refractivity contribution in [3.8, 4) is 11.6 Å². The van der Waals surface area contributed by atoms with E-state index in [0.29, 0.717) is 16.7 Å². The number of pyridine rings is 1. The molecule has 0 radical (unpaired) electrons. The average molecular weight is 487 g/mol. The molecule has 160 valence electrons. The Morgan fingerprint density at radius 1 is 1.27 bits per heavy atom. The zero-order valence-electron chi connectivity index (χ0n) is 15.8. The number of halogens is 4. The number of H-pyrrole nitrogens is 1. The van der Waals surface area contributed by atoms with Gasteiger partial charge >= 0.3 is 6.18 Å². The van der Waals surface area contributed by atoms with Crippen LogP contribution < -0.4 is 20.8 Å². The summed E-state index contributed by atoms with van der Waals surface area (Å²) in [6.07, 6.45) is -3.96. The fourth-order valence-corrected chi connectivity index (χ4v) is 3.36. The third-order valence-corrected chi connectivity index (χ3v) is 4.85. The van der Waals surface area contributed by atoms with Gasteiger partial charge in [0.15, 0.2) is 5.65 Å². The second-order valence-corrected chi connectivity index (χ2v) is 7.17. The number of aromatic amines is 1. The molecule has 0 saturated carbocycles. The molecule has 3 rings (SSSR count). The van der Waals surface area contributed by atoms with Crippen LogP contribution in [0.1, 0.15) is 23.4 Å². The van der Waals surface area contributed by atoms with Crippen molar-refractivity contribution in [2.24, 2.45) is 5.73 Å². The van der Waals surface area contributed by atoms with E-state index in [9.17, 15) is 18.0 Å². The van der Waals surface area contributed by atoms with Crippen LogP contribution in [0.4, 0.5) is 13.2 Å². The lowest BCUT2D eigenvalue weighted by atomic mass is 10.1. The van der Waals surface area contributed by atoms with E-state index in [0.717, 1.165) is 6.07 Å². The zero-order valence-corrected chi connectivity index (χ0v) is 17.4. The van der Waals surface area contributed by atoms with Crippen LogP contribution in [0.15, 0.2) is 33.5 Å². The molecule has 0 aliphatic carbocycles. The summed E-state index contributed by atoms with van der Waals surface area (Å²) in [5.74, 6) is 0.354. The first-order chi connectivity index (χ1) is 14.2. The van der Waals surface area contributed by atoms with Crippen LogP contribution in [0.5, 0.6) is 11.6 Å². The Labute approximate surface area is 177 Å². The lowest BCUT2D eigenvalue weighted by molar-refractivity contribution is -0.139. The first kappa shape index (κ1) is 22.0. The van der Waals surface area contributed by atoms with Crippen LogP contribution in [-0.4, -0.2) is 28.7 Å². The summed E-state index contributed by atoms with van der Waals surface area (Å²) >= 11 is 3.26. The van der Waals surface area contributed by atoms with E-state index in [-0.39, 0.29) is 53.4 Å². The summed E-state index contributed by atoms with van der Waals surface area (Å²) in [7, 11) is 1.44. The molecular weight excluding hydrogens is 469 g/mol. The number of methoxy groups -OCH3 is 1. The molecule has 0 fully saturated rings. The van der Waals surface area contributed by atoms with E-state index in [1.54, 1.807) is 6.07 Å². The van der Waals surface area contributed by atoms with Gasteiger partial charge < -0.3 is 20.2 Å². The first-order valence-corrected chi connectivity index (χ1v) is 9.69. The molecular formula is C19H18BrF3N4O3. The fraction of sp³-hybridized carbons (Fsp3) is 0.316. The lowest BCUT2D eigenvalue weighted by Crippen LogP contribution is -2.15. The van der Waals surface area contributed by atoms with Crippen molar-refractivity contribution in [3.05, 3.63) is 56.0 Å². The Balaban J connectivity index is 1.74. The molecule has 0 aliphatic rings. The lowest BCUT2D eigenvalue weighted by Gasteiger charge is -2.17. The number of ether oxygens (including phenoxy) is 2. The van der Waals surface area contributed by atoms with Gasteiger partial charge in [0.2, 0.25) is 5.88 Å². The highest BCUT2D eigenvalue weighted by Crippen LogP contribution is 2.38. The standard InChI is InChI=1S/C19H18BrF3N4O3/c1-29-18-13(20)8-11-16(27-18)25-14(26-17(11)28)6-3-7-30-15-10(9-24)4-2-5-12(15)19(21,22)23/h2,4-5,8H,3,6-7,9,24H2,1H3,(H,25,26,27,28). The molecule has 0 saturated heterocycles. The molecule has 30 heavy (non-hydrogen) atoms. The second-order valence-electron chi connectivity index (χ2n) is 6.31. The number of nitrogens with zero attached hydrogens (tertiary/aromatic N) is 2. The predicted molar refractivity (Wildman–Crippen MR) is 108 cm³/mol. The Morgan fingerprint density at radius 3 is 2.70 bits per heavy atom. The van der Waals surface area contributed by atoms with Gasteiger partial charge in [0, 0.05) is 18.5 Å². The monoisotopic (exact) mass is 486 g/mol. The molecule has 0 amide bonds. The number of aromatic nitrogens is 3. The summed E-state index contributed by atoms with van der Waals surface area (Å²) < 4.78 is 50.7. The quantitative estimate of drug-likeness (QED) is 0.494. The summed E-state index contributed by atoms with van der Waals surface area (Å²) in [6.45, 7) is -0.0964. The van der Waals surface area contributed by atoms with Crippen molar-refractivity contribution in [1.82, 2.24) is 15.0 Å². The van der Waals surface area contributed by atoms with Gasteiger partial charge in [0.1, 0.15) is 11.6 Å². The van der Waals surface area contributed by atoms with Crippen LogP contribution in [0.3, 0.4) is 0 Å². The summed E-state index contributed by atoms with van der Waals surface area (Å²) in [5, 5.41) is 0.286. The van der Waals surface area contributed by atoms with E-state index in [1.165, 1.54) is 19.2 Å². The van der Waals surface area contributed by atoms with Crippen molar-refractivity contribution in [2.75, 3.05) is 13.7 Å². The molecule has 0 aliphatic heterocycles. The van der Waals surface area contributed by atoms with Gasteiger partial charge in [-0.15, -0.1) is 0 Å². The van der Waals surface area contributed by atoms with Crippen molar-refractivity contribution in [2.45, 2.75) is 25.6 Å². The number of rotatable bonds is 7. The molecule has 3 aromatic rings. The SMILES string of the molecule is COc1nc2nc(CCCOc3c(CN)cccc3C(F)(F)F)[nH]c(=O)c2cc1Br. The number of aryl methyl sites for hydroxylation is 1. The van der Waals surface area contributed by atoms with Gasteiger partial charge in [0.25, 0.3) is 5.56 Å².